The molecular weight excluding hydrogens is 733 g/mol. The normalized spacial score (nSPS) is 12.0. The van der Waals surface area contributed by atoms with E-state index < -0.39 is 0 Å². The summed E-state index contributed by atoms with van der Waals surface area (Å²) in [5, 5.41) is 12.0. The van der Waals surface area contributed by atoms with Crippen molar-refractivity contribution < 1.29 is 4.42 Å². The number of aromatic nitrogens is 4. The number of hydrogen-bond donors (Lipinski definition) is 0. The highest BCUT2D eigenvalue weighted by Crippen LogP contribution is 2.45. The van der Waals surface area contributed by atoms with Crippen molar-refractivity contribution in [3.63, 3.8) is 0 Å². The summed E-state index contributed by atoms with van der Waals surface area (Å²) in [7, 11) is 0. The summed E-state index contributed by atoms with van der Waals surface area (Å²) in [6, 6.07) is 68.6. The number of nitrogens with zero attached hydrogens (tertiary/aromatic N) is 4. The Morgan fingerprint density at radius 2 is 0.900 bits per heavy atom. The molecule has 0 aliphatic heterocycles. The molecule has 0 N–H and O–H groups in total. The van der Waals surface area contributed by atoms with E-state index >= 15 is 0 Å². The molecule has 13 rings (SSSR count). The second-order valence-electron chi connectivity index (χ2n) is 15.6. The Morgan fingerprint density at radius 1 is 0.317 bits per heavy atom. The topological polar surface area (TPSA) is 56.7 Å². The van der Waals surface area contributed by atoms with Gasteiger partial charge in [0.15, 0.2) is 17.5 Å². The molecule has 0 saturated carbocycles. The first-order chi connectivity index (χ1) is 29.7. The lowest BCUT2D eigenvalue weighted by Gasteiger charge is -2.12. The molecular formula is C55H32N4O. The molecule has 0 bridgehead atoms. The Balaban J connectivity index is 0.928. The molecule has 0 spiro atoms. The Kier molecular flexibility index (Phi) is 6.95. The lowest BCUT2D eigenvalue weighted by molar-refractivity contribution is 0.669. The molecule has 0 amide bonds. The van der Waals surface area contributed by atoms with Gasteiger partial charge in [-0.25, -0.2) is 15.0 Å². The van der Waals surface area contributed by atoms with Gasteiger partial charge >= 0.3 is 0 Å². The van der Waals surface area contributed by atoms with Crippen LogP contribution in [-0.4, -0.2) is 19.5 Å². The second kappa shape index (κ2) is 12.7. The quantitative estimate of drug-likeness (QED) is 0.164. The summed E-state index contributed by atoms with van der Waals surface area (Å²) in [5.41, 5.74) is 10.3. The molecule has 0 unspecified atom stereocenters. The van der Waals surface area contributed by atoms with Gasteiger partial charge in [-0.1, -0.05) is 152 Å². The molecule has 0 radical (unpaired) electrons. The lowest BCUT2D eigenvalue weighted by atomic mass is 9.94. The minimum atomic E-state index is 0.636. The fourth-order valence-electron chi connectivity index (χ4n) is 9.37. The summed E-state index contributed by atoms with van der Waals surface area (Å²) in [5.74, 6) is 1.93. The Morgan fingerprint density at radius 3 is 1.72 bits per heavy atom. The molecule has 3 heterocycles. The molecule has 278 valence electrons. The van der Waals surface area contributed by atoms with Crippen LogP contribution in [0.4, 0.5) is 0 Å². The lowest BCUT2D eigenvalue weighted by Crippen LogP contribution is -2.00. The summed E-state index contributed by atoms with van der Waals surface area (Å²) in [6.07, 6.45) is 0. The zero-order chi connectivity index (χ0) is 39.3. The van der Waals surface area contributed by atoms with Crippen molar-refractivity contribution in [1.82, 2.24) is 19.5 Å². The van der Waals surface area contributed by atoms with Gasteiger partial charge in [0.05, 0.1) is 16.7 Å². The van der Waals surface area contributed by atoms with E-state index in [-0.39, 0.29) is 0 Å². The Labute approximate surface area is 343 Å². The standard InChI is InChI=1S/C55H32N4O/c1-2-12-35(13-3-1)53-56-54(58-55(57-53)39-26-23-33-11-4-5-14-37(33)29-39)36-24-21-34(22-25-36)38-27-28-48-45(30-38)43-17-8-9-19-47(43)59(48)40-31-46-42-16-7-6-15-41(42)44-18-10-20-49-51(44)52(46)50(32-40)60-49/h1-32H. The largest absolute Gasteiger partial charge is 0.456 e. The molecule has 5 heteroatoms. The molecule has 10 aromatic carbocycles. The minimum Gasteiger partial charge on any atom is -0.456 e. The average molecular weight is 765 g/mol. The molecule has 0 atom stereocenters. The fraction of sp³-hybridized carbons (Fsp3) is 0. The second-order valence-corrected chi connectivity index (χ2v) is 15.6. The summed E-state index contributed by atoms with van der Waals surface area (Å²) >= 11 is 0. The Bertz CT molecular complexity index is 3830. The maximum Gasteiger partial charge on any atom is 0.164 e. The number of para-hydroxylation sites is 1. The molecule has 0 aliphatic carbocycles. The first-order valence-corrected chi connectivity index (χ1v) is 20.3. The van der Waals surface area contributed by atoms with Gasteiger partial charge in [-0.15, -0.1) is 0 Å². The summed E-state index contributed by atoms with van der Waals surface area (Å²) in [6.45, 7) is 0. The maximum atomic E-state index is 6.61. The van der Waals surface area contributed by atoms with Crippen molar-refractivity contribution in [3.8, 4) is 51.0 Å². The zero-order valence-electron chi connectivity index (χ0n) is 32.2. The van der Waals surface area contributed by atoms with Crippen molar-refractivity contribution in [1.29, 1.82) is 0 Å². The van der Waals surface area contributed by atoms with Crippen LogP contribution < -0.4 is 0 Å². The van der Waals surface area contributed by atoms with Crippen molar-refractivity contribution in [2.45, 2.75) is 0 Å². The van der Waals surface area contributed by atoms with Crippen LogP contribution in [0.1, 0.15) is 0 Å². The molecule has 13 aromatic rings. The van der Waals surface area contributed by atoms with E-state index in [1.54, 1.807) is 0 Å². The highest BCUT2D eigenvalue weighted by molar-refractivity contribution is 6.33. The van der Waals surface area contributed by atoms with Gasteiger partial charge in [0.1, 0.15) is 11.2 Å². The van der Waals surface area contributed by atoms with E-state index in [2.05, 4.69) is 168 Å². The molecule has 0 aliphatic rings. The fourth-order valence-corrected chi connectivity index (χ4v) is 9.37. The third kappa shape index (κ3) is 4.96. The monoisotopic (exact) mass is 764 g/mol. The average Bonchev–Trinajstić information content (AvgIpc) is 3.87. The Hall–Kier alpha value is -8.15. The van der Waals surface area contributed by atoms with Crippen LogP contribution in [0.5, 0.6) is 0 Å². The smallest absolute Gasteiger partial charge is 0.164 e. The van der Waals surface area contributed by atoms with Crippen molar-refractivity contribution in [2.75, 3.05) is 0 Å². The van der Waals surface area contributed by atoms with Crippen LogP contribution in [0.3, 0.4) is 0 Å². The number of fused-ring (bicyclic) bond motifs is 7. The van der Waals surface area contributed by atoms with Crippen molar-refractivity contribution >= 4 is 76.1 Å². The highest BCUT2D eigenvalue weighted by atomic mass is 16.3. The van der Waals surface area contributed by atoms with E-state index in [4.69, 9.17) is 19.4 Å². The van der Waals surface area contributed by atoms with E-state index in [0.29, 0.717) is 17.5 Å². The third-order valence-corrected chi connectivity index (χ3v) is 12.2. The van der Waals surface area contributed by atoms with Crippen LogP contribution in [0, 0.1) is 0 Å². The van der Waals surface area contributed by atoms with Crippen LogP contribution >= 0.6 is 0 Å². The molecule has 3 aromatic heterocycles. The summed E-state index contributed by atoms with van der Waals surface area (Å²) < 4.78 is 9.00. The molecule has 0 fully saturated rings. The molecule has 5 nitrogen and oxygen atoms in total. The third-order valence-electron chi connectivity index (χ3n) is 12.2. The van der Waals surface area contributed by atoms with E-state index in [1.807, 2.05) is 30.3 Å². The van der Waals surface area contributed by atoms with E-state index in [9.17, 15) is 0 Å². The summed E-state index contributed by atoms with van der Waals surface area (Å²) in [4.78, 5) is 15.0. The van der Waals surface area contributed by atoms with Crippen LogP contribution in [-0.2, 0) is 0 Å². The SMILES string of the molecule is c1ccc(-c2nc(-c3ccc(-c4ccc5c(c4)c4ccccc4n5-c4cc5oc6cccc7c8ccccc8c(c4)c5c67)cc3)nc(-c3ccc4ccccc4c3)n2)cc1. The van der Waals surface area contributed by atoms with Gasteiger partial charge in [0.2, 0.25) is 0 Å². The van der Waals surface area contributed by atoms with Gasteiger partial charge in [-0.2, -0.15) is 0 Å². The van der Waals surface area contributed by atoms with E-state index in [1.165, 1.54) is 48.5 Å². The minimum absolute atomic E-state index is 0.636. The zero-order valence-corrected chi connectivity index (χ0v) is 32.2. The van der Waals surface area contributed by atoms with Crippen LogP contribution in [0.25, 0.3) is 127 Å². The van der Waals surface area contributed by atoms with Crippen LogP contribution in [0.2, 0.25) is 0 Å². The van der Waals surface area contributed by atoms with Crippen molar-refractivity contribution in [2.24, 2.45) is 0 Å². The number of rotatable bonds is 5. The predicted octanol–water partition coefficient (Wildman–Crippen LogP) is 14.4. The first kappa shape index (κ1) is 32.9. The number of benzene rings is 10. The molecule has 0 saturated heterocycles. The predicted molar refractivity (Wildman–Crippen MR) is 247 cm³/mol. The maximum absolute atomic E-state index is 6.61. The number of hydrogen-bond acceptors (Lipinski definition) is 4. The van der Waals surface area contributed by atoms with Gasteiger partial charge in [-0.05, 0) is 79.8 Å². The number of furan rings is 1. The highest BCUT2D eigenvalue weighted by Gasteiger charge is 2.21. The van der Waals surface area contributed by atoms with Crippen molar-refractivity contribution in [3.05, 3.63) is 194 Å². The van der Waals surface area contributed by atoms with E-state index in [0.717, 1.165) is 61.1 Å². The van der Waals surface area contributed by atoms with Crippen LogP contribution in [0.15, 0.2) is 199 Å². The van der Waals surface area contributed by atoms with Gasteiger partial charge in [-0.3, -0.25) is 0 Å². The van der Waals surface area contributed by atoms with Gasteiger partial charge in [0, 0.05) is 44.3 Å². The molecule has 60 heavy (non-hydrogen) atoms. The van der Waals surface area contributed by atoms with Gasteiger partial charge < -0.3 is 8.98 Å². The first-order valence-electron chi connectivity index (χ1n) is 20.3. The van der Waals surface area contributed by atoms with Gasteiger partial charge in [0.25, 0.3) is 0 Å².